The van der Waals surface area contributed by atoms with Crippen molar-refractivity contribution in [2.45, 2.75) is 13.0 Å². The Morgan fingerprint density at radius 1 is 1.03 bits per heavy atom. The third-order valence-corrected chi connectivity index (χ3v) is 4.48. The van der Waals surface area contributed by atoms with Crippen LogP contribution in [0, 0.1) is 0 Å². The molecule has 0 bridgehead atoms. The van der Waals surface area contributed by atoms with Crippen molar-refractivity contribution < 1.29 is 4.79 Å². The molecular weight excluding hydrogens is 376 g/mol. The molecule has 0 aliphatic heterocycles. The molecular formula is C24H24N4O2. The molecule has 3 N–H and O–H groups in total. The third kappa shape index (κ3) is 6.04. The fraction of sp³-hybridized carbons (Fsp3) is 0.125. The van der Waals surface area contributed by atoms with E-state index >= 15 is 0 Å². The van der Waals surface area contributed by atoms with Gasteiger partial charge in [0.2, 0.25) is 0 Å². The van der Waals surface area contributed by atoms with Crippen molar-refractivity contribution in [3.8, 4) is 0 Å². The number of benzene rings is 1. The van der Waals surface area contributed by atoms with Crippen molar-refractivity contribution in [3.05, 3.63) is 124 Å². The van der Waals surface area contributed by atoms with E-state index in [9.17, 15) is 9.59 Å². The molecule has 0 spiro atoms. The number of carbonyl (C=O) groups excluding carboxylic acids is 1. The summed E-state index contributed by atoms with van der Waals surface area (Å²) in [5, 5.41) is 2.82. The van der Waals surface area contributed by atoms with Crippen molar-refractivity contribution in [1.29, 1.82) is 0 Å². The minimum absolute atomic E-state index is 0.0194. The average molecular weight is 400 g/mol. The van der Waals surface area contributed by atoms with Gasteiger partial charge >= 0.3 is 0 Å². The Morgan fingerprint density at radius 2 is 1.83 bits per heavy atom. The number of allylic oxidation sites excluding steroid dienone is 2. The molecule has 0 radical (unpaired) electrons. The number of hydrogen-bond acceptors (Lipinski definition) is 4. The van der Waals surface area contributed by atoms with Crippen molar-refractivity contribution in [2.24, 2.45) is 5.73 Å². The molecule has 0 aliphatic carbocycles. The molecule has 6 heteroatoms. The number of nitrogens with zero attached hydrogens (tertiary/aromatic N) is 2. The minimum Gasteiger partial charge on any atom is -0.405 e. The molecule has 0 saturated carbocycles. The van der Waals surface area contributed by atoms with E-state index in [1.807, 2.05) is 42.5 Å². The van der Waals surface area contributed by atoms with Crippen LogP contribution in [-0.4, -0.2) is 22.0 Å². The molecule has 2 heterocycles. The van der Waals surface area contributed by atoms with Gasteiger partial charge in [0.05, 0.1) is 12.1 Å². The SMILES string of the molecule is N/C=C/C=C/CNC(=O)c1cncc(Cc2ccc(Cn3ccccc3=O)cc2)c1. The predicted octanol–water partition coefficient (Wildman–Crippen LogP) is 2.64. The van der Waals surface area contributed by atoms with Gasteiger partial charge in [0.15, 0.2) is 0 Å². The van der Waals surface area contributed by atoms with E-state index in [1.54, 1.807) is 47.4 Å². The first kappa shape index (κ1) is 20.8. The lowest BCUT2D eigenvalue weighted by molar-refractivity contribution is 0.0957. The number of pyridine rings is 2. The van der Waals surface area contributed by atoms with E-state index in [0.717, 1.165) is 16.7 Å². The van der Waals surface area contributed by atoms with Crippen LogP contribution in [-0.2, 0) is 13.0 Å². The van der Waals surface area contributed by atoms with Crippen LogP contribution in [0.5, 0.6) is 0 Å². The van der Waals surface area contributed by atoms with E-state index in [4.69, 9.17) is 5.73 Å². The summed E-state index contributed by atoms with van der Waals surface area (Å²) < 4.78 is 1.67. The number of nitrogens with one attached hydrogen (secondary N) is 1. The average Bonchev–Trinajstić information content (AvgIpc) is 2.76. The molecule has 0 atom stereocenters. The Morgan fingerprint density at radius 3 is 2.60 bits per heavy atom. The zero-order valence-electron chi connectivity index (χ0n) is 16.6. The summed E-state index contributed by atoms with van der Waals surface area (Å²) in [6.45, 7) is 0.950. The lowest BCUT2D eigenvalue weighted by Gasteiger charge is -2.08. The molecule has 6 nitrogen and oxygen atoms in total. The van der Waals surface area contributed by atoms with Gasteiger partial charge in [-0.1, -0.05) is 42.5 Å². The van der Waals surface area contributed by atoms with Gasteiger partial charge in [-0.15, -0.1) is 0 Å². The maximum Gasteiger partial charge on any atom is 0.253 e. The van der Waals surface area contributed by atoms with Crippen LogP contribution in [0.3, 0.4) is 0 Å². The van der Waals surface area contributed by atoms with Gasteiger partial charge in [-0.25, -0.2) is 0 Å². The lowest BCUT2D eigenvalue weighted by atomic mass is 10.0. The molecule has 1 amide bonds. The molecule has 2 aromatic heterocycles. The van der Waals surface area contributed by atoms with Gasteiger partial charge < -0.3 is 15.6 Å². The molecule has 0 unspecified atom stereocenters. The summed E-state index contributed by atoms with van der Waals surface area (Å²) in [5.74, 6) is -0.172. The Labute approximate surface area is 175 Å². The van der Waals surface area contributed by atoms with Gasteiger partial charge in [0, 0.05) is 31.2 Å². The molecule has 3 aromatic rings. The first-order valence-electron chi connectivity index (χ1n) is 9.64. The van der Waals surface area contributed by atoms with Crippen LogP contribution >= 0.6 is 0 Å². The van der Waals surface area contributed by atoms with Gasteiger partial charge in [-0.05, 0) is 47.5 Å². The largest absolute Gasteiger partial charge is 0.405 e. The smallest absolute Gasteiger partial charge is 0.253 e. The first-order chi connectivity index (χ1) is 14.7. The molecule has 152 valence electrons. The fourth-order valence-electron chi connectivity index (χ4n) is 2.96. The Balaban J connectivity index is 1.61. The number of carbonyl (C=O) groups is 1. The summed E-state index contributed by atoms with van der Waals surface area (Å²) in [5.41, 5.74) is 8.87. The van der Waals surface area contributed by atoms with Gasteiger partial charge in [-0.2, -0.15) is 0 Å². The van der Waals surface area contributed by atoms with Gasteiger partial charge in [-0.3, -0.25) is 14.6 Å². The zero-order chi connectivity index (χ0) is 21.2. The van der Waals surface area contributed by atoms with Crippen LogP contribution in [0.15, 0.2) is 96.3 Å². The molecule has 0 saturated heterocycles. The van der Waals surface area contributed by atoms with Crippen molar-refractivity contribution >= 4 is 5.91 Å². The minimum atomic E-state index is -0.172. The van der Waals surface area contributed by atoms with Gasteiger partial charge in [0.25, 0.3) is 11.5 Å². The van der Waals surface area contributed by atoms with E-state index < -0.39 is 0 Å². The number of nitrogens with two attached hydrogens (primary N) is 1. The number of hydrogen-bond donors (Lipinski definition) is 2. The lowest BCUT2D eigenvalue weighted by Crippen LogP contribution is -2.23. The Bertz CT molecular complexity index is 1100. The normalized spacial score (nSPS) is 11.2. The second kappa shape index (κ2) is 10.6. The summed E-state index contributed by atoms with van der Waals surface area (Å²) in [6.07, 6.45) is 12.5. The predicted molar refractivity (Wildman–Crippen MR) is 118 cm³/mol. The second-order valence-corrected chi connectivity index (χ2v) is 6.76. The van der Waals surface area contributed by atoms with Crippen molar-refractivity contribution in [3.63, 3.8) is 0 Å². The van der Waals surface area contributed by atoms with Crippen LogP contribution in [0.25, 0.3) is 0 Å². The maximum absolute atomic E-state index is 12.3. The molecule has 1 aromatic carbocycles. The Kier molecular flexibility index (Phi) is 7.33. The summed E-state index contributed by atoms with van der Waals surface area (Å²) in [4.78, 5) is 28.3. The number of aromatic nitrogens is 2. The monoisotopic (exact) mass is 400 g/mol. The number of amides is 1. The topological polar surface area (TPSA) is 90.0 Å². The number of rotatable bonds is 8. The van der Waals surface area contributed by atoms with Gasteiger partial charge in [0.1, 0.15) is 0 Å². The van der Waals surface area contributed by atoms with Crippen LogP contribution < -0.4 is 16.6 Å². The second-order valence-electron chi connectivity index (χ2n) is 6.76. The zero-order valence-corrected chi connectivity index (χ0v) is 16.6. The highest BCUT2D eigenvalue weighted by atomic mass is 16.1. The van der Waals surface area contributed by atoms with Crippen molar-refractivity contribution in [2.75, 3.05) is 6.54 Å². The summed E-state index contributed by atoms with van der Waals surface area (Å²) >= 11 is 0. The molecule has 3 rings (SSSR count). The van der Waals surface area contributed by atoms with E-state index in [0.29, 0.717) is 25.1 Å². The van der Waals surface area contributed by atoms with E-state index in [-0.39, 0.29) is 11.5 Å². The third-order valence-electron chi connectivity index (χ3n) is 4.48. The maximum atomic E-state index is 12.3. The summed E-state index contributed by atoms with van der Waals surface area (Å²) in [6, 6.07) is 15.1. The Hall–Kier alpha value is -3.93. The van der Waals surface area contributed by atoms with E-state index in [1.165, 1.54) is 6.20 Å². The highest BCUT2D eigenvalue weighted by Gasteiger charge is 2.07. The van der Waals surface area contributed by atoms with Crippen molar-refractivity contribution in [1.82, 2.24) is 14.9 Å². The van der Waals surface area contributed by atoms with Crippen LogP contribution in [0.2, 0.25) is 0 Å². The standard InChI is InChI=1S/C24H24N4O2/c25-11-3-1-4-12-27-24(30)22-15-21(16-26-17-22)14-19-7-9-20(10-8-19)18-28-13-5-2-6-23(28)29/h1-11,13,15-17H,12,14,18,25H2,(H,27,30)/b4-1+,11-3+. The highest BCUT2D eigenvalue weighted by Crippen LogP contribution is 2.12. The quantitative estimate of drug-likeness (QED) is 0.569. The highest BCUT2D eigenvalue weighted by molar-refractivity contribution is 5.94. The van der Waals surface area contributed by atoms with Crippen LogP contribution in [0.1, 0.15) is 27.0 Å². The summed E-state index contributed by atoms with van der Waals surface area (Å²) in [7, 11) is 0. The first-order valence-corrected chi connectivity index (χ1v) is 9.64. The molecule has 30 heavy (non-hydrogen) atoms. The van der Waals surface area contributed by atoms with E-state index in [2.05, 4.69) is 10.3 Å². The fourth-order valence-corrected chi connectivity index (χ4v) is 2.96. The molecule has 0 fully saturated rings. The molecule has 0 aliphatic rings. The van der Waals surface area contributed by atoms with Crippen LogP contribution in [0.4, 0.5) is 0 Å².